The molecule has 0 aliphatic rings. The van der Waals surface area contributed by atoms with E-state index in [1.165, 1.54) is 50.5 Å². The second-order valence-electron chi connectivity index (χ2n) is 6.52. The number of halogens is 2. The molecule has 0 saturated heterocycles. The number of hydrogen-bond acceptors (Lipinski definition) is 3. The molecule has 26 heavy (non-hydrogen) atoms. The third-order valence-corrected chi connectivity index (χ3v) is 5.22. The van der Waals surface area contributed by atoms with Gasteiger partial charge in [-0.3, -0.25) is 0 Å². The van der Waals surface area contributed by atoms with Gasteiger partial charge in [-0.2, -0.15) is 0 Å². The van der Waals surface area contributed by atoms with Crippen molar-refractivity contribution in [1.29, 1.82) is 0 Å². The number of ether oxygens (including phenoxy) is 2. The number of carbonyl (C=O) groups is 1. The molecular formula is C21H30Br2O3. The van der Waals surface area contributed by atoms with Crippen molar-refractivity contribution in [2.45, 2.75) is 65.2 Å². The lowest BCUT2D eigenvalue weighted by Crippen LogP contribution is -2.12. The molecule has 0 fully saturated rings. The summed E-state index contributed by atoms with van der Waals surface area (Å²) in [6.07, 6.45) is 10.3. The zero-order valence-corrected chi connectivity index (χ0v) is 19.1. The Kier molecular flexibility index (Phi) is 11.9. The van der Waals surface area contributed by atoms with Crippen LogP contribution < -0.4 is 4.74 Å². The fraction of sp³-hybridized carbons (Fsp3) is 0.571. The lowest BCUT2D eigenvalue weighted by molar-refractivity contribution is -0.139. The third-order valence-electron chi connectivity index (χ3n) is 4.04. The van der Waals surface area contributed by atoms with Gasteiger partial charge in [0.1, 0.15) is 19.0 Å². The summed E-state index contributed by atoms with van der Waals surface area (Å²) >= 11 is 7.15. The van der Waals surface area contributed by atoms with Gasteiger partial charge in [-0.25, -0.2) is 4.79 Å². The molecule has 3 nitrogen and oxygen atoms in total. The molecule has 5 heteroatoms. The first-order chi connectivity index (χ1) is 12.5. The van der Waals surface area contributed by atoms with Gasteiger partial charge in [0.25, 0.3) is 0 Å². The SMILES string of the molecule is C=C(C)C(=O)OCCOc1c(Br)cc(CCCCCCCCC)cc1Br. The van der Waals surface area contributed by atoms with E-state index in [4.69, 9.17) is 9.47 Å². The Balaban J connectivity index is 2.37. The highest BCUT2D eigenvalue weighted by Gasteiger charge is 2.10. The number of benzene rings is 1. The van der Waals surface area contributed by atoms with Crippen molar-refractivity contribution < 1.29 is 14.3 Å². The van der Waals surface area contributed by atoms with Crippen molar-refractivity contribution in [3.05, 3.63) is 38.8 Å². The highest BCUT2D eigenvalue weighted by molar-refractivity contribution is 9.11. The van der Waals surface area contributed by atoms with Crippen LogP contribution in [0.2, 0.25) is 0 Å². The van der Waals surface area contributed by atoms with Crippen LogP contribution in [0.5, 0.6) is 5.75 Å². The summed E-state index contributed by atoms with van der Waals surface area (Å²) in [4.78, 5) is 11.3. The van der Waals surface area contributed by atoms with E-state index in [0.717, 1.165) is 21.1 Å². The normalized spacial score (nSPS) is 10.6. The van der Waals surface area contributed by atoms with Gasteiger partial charge in [0.05, 0.1) is 8.95 Å². The molecule has 0 radical (unpaired) electrons. The van der Waals surface area contributed by atoms with Crippen molar-refractivity contribution in [1.82, 2.24) is 0 Å². The lowest BCUT2D eigenvalue weighted by Gasteiger charge is -2.13. The zero-order chi connectivity index (χ0) is 19.4. The number of carbonyl (C=O) groups excluding carboxylic acids is 1. The van der Waals surface area contributed by atoms with Gasteiger partial charge in [0.2, 0.25) is 0 Å². The summed E-state index contributed by atoms with van der Waals surface area (Å²) in [5, 5.41) is 0. The number of hydrogen-bond donors (Lipinski definition) is 0. The molecule has 0 heterocycles. The maximum absolute atomic E-state index is 11.3. The van der Waals surface area contributed by atoms with Gasteiger partial charge >= 0.3 is 5.97 Å². The smallest absolute Gasteiger partial charge is 0.333 e. The van der Waals surface area contributed by atoms with Crippen LogP contribution in [0.25, 0.3) is 0 Å². The topological polar surface area (TPSA) is 35.5 Å². The van der Waals surface area contributed by atoms with E-state index < -0.39 is 5.97 Å². The molecule has 0 aromatic heterocycles. The van der Waals surface area contributed by atoms with E-state index in [9.17, 15) is 4.79 Å². The molecule has 0 N–H and O–H groups in total. The monoisotopic (exact) mass is 488 g/mol. The number of rotatable bonds is 13. The van der Waals surface area contributed by atoms with Crippen LogP contribution in [0.3, 0.4) is 0 Å². The number of esters is 1. The van der Waals surface area contributed by atoms with E-state index in [1.54, 1.807) is 6.92 Å². The maximum atomic E-state index is 11.3. The predicted molar refractivity (Wildman–Crippen MR) is 115 cm³/mol. The zero-order valence-electron chi connectivity index (χ0n) is 15.9. The molecule has 0 atom stereocenters. The third kappa shape index (κ3) is 9.22. The first-order valence-corrected chi connectivity index (χ1v) is 11.0. The van der Waals surface area contributed by atoms with Crippen LogP contribution in [0.4, 0.5) is 0 Å². The van der Waals surface area contributed by atoms with Crippen LogP contribution in [0.15, 0.2) is 33.2 Å². The average Bonchev–Trinajstić information content (AvgIpc) is 2.59. The molecule has 0 spiro atoms. The van der Waals surface area contributed by atoms with Gasteiger partial charge in [0, 0.05) is 5.57 Å². The van der Waals surface area contributed by atoms with Gasteiger partial charge in [0.15, 0.2) is 0 Å². The van der Waals surface area contributed by atoms with Crippen LogP contribution in [0.1, 0.15) is 64.4 Å². The van der Waals surface area contributed by atoms with Crippen molar-refractivity contribution in [3.63, 3.8) is 0 Å². The Morgan fingerprint density at radius 1 is 1.00 bits per heavy atom. The number of unbranched alkanes of at least 4 members (excludes halogenated alkanes) is 6. The number of aryl methyl sites for hydroxylation is 1. The Bertz CT molecular complexity index is 562. The summed E-state index contributed by atoms with van der Waals surface area (Å²) in [5.41, 5.74) is 1.68. The molecule has 0 aliphatic heterocycles. The summed E-state index contributed by atoms with van der Waals surface area (Å²) < 4.78 is 12.6. The van der Waals surface area contributed by atoms with Crippen molar-refractivity contribution in [2.24, 2.45) is 0 Å². The molecule has 0 amide bonds. The summed E-state index contributed by atoms with van der Waals surface area (Å²) in [6, 6.07) is 4.22. The highest BCUT2D eigenvalue weighted by Crippen LogP contribution is 2.35. The Labute approximate surface area is 174 Å². The van der Waals surface area contributed by atoms with E-state index >= 15 is 0 Å². The van der Waals surface area contributed by atoms with Gasteiger partial charge in [-0.1, -0.05) is 52.0 Å². The fourth-order valence-corrected chi connectivity index (χ4v) is 4.09. The van der Waals surface area contributed by atoms with E-state index in [-0.39, 0.29) is 6.61 Å². The first-order valence-electron chi connectivity index (χ1n) is 9.39. The van der Waals surface area contributed by atoms with Crippen LogP contribution in [-0.2, 0) is 16.0 Å². The standard InChI is InChI=1S/C21H30Br2O3/c1-4-5-6-7-8-9-10-11-17-14-18(22)20(19(23)15-17)25-12-13-26-21(24)16(2)3/h14-15H,2,4-13H2,1,3H3. The molecule has 0 unspecified atom stereocenters. The molecular weight excluding hydrogens is 460 g/mol. The van der Waals surface area contributed by atoms with Gasteiger partial charge in [-0.05, 0) is 69.3 Å². The second-order valence-corrected chi connectivity index (χ2v) is 8.23. The molecule has 0 saturated carbocycles. The minimum Gasteiger partial charge on any atom is -0.488 e. The summed E-state index contributed by atoms with van der Waals surface area (Å²) in [5.74, 6) is 0.344. The van der Waals surface area contributed by atoms with E-state index in [1.807, 2.05) is 0 Å². The first kappa shape index (κ1) is 23.2. The highest BCUT2D eigenvalue weighted by atomic mass is 79.9. The van der Waals surface area contributed by atoms with Crippen LogP contribution in [0, 0.1) is 0 Å². The van der Waals surface area contributed by atoms with E-state index in [2.05, 4.69) is 57.5 Å². The minimum atomic E-state index is -0.392. The molecule has 1 aromatic rings. The van der Waals surface area contributed by atoms with Crippen molar-refractivity contribution >= 4 is 37.8 Å². The second kappa shape index (κ2) is 13.4. The summed E-state index contributed by atoms with van der Waals surface area (Å²) in [7, 11) is 0. The van der Waals surface area contributed by atoms with Crippen LogP contribution >= 0.6 is 31.9 Å². The molecule has 1 rings (SSSR count). The molecule has 146 valence electrons. The van der Waals surface area contributed by atoms with Crippen molar-refractivity contribution in [2.75, 3.05) is 13.2 Å². The van der Waals surface area contributed by atoms with Gasteiger partial charge < -0.3 is 9.47 Å². The summed E-state index contributed by atoms with van der Waals surface area (Å²) in [6.45, 7) is 7.92. The quantitative estimate of drug-likeness (QED) is 0.170. The Morgan fingerprint density at radius 2 is 1.58 bits per heavy atom. The van der Waals surface area contributed by atoms with Gasteiger partial charge in [-0.15, -0.1) is 0 Å². The minimum absolute atomic E-state index is 0.199. The van der Waals surface area contributed by atoms with E-state index in [0.29, 0.717) is 12.2 Å². The van der Waals surface area contributed by atoms with Crippen LogP contribution in [-0.4, -0.2) is 19.2 Å². The average molecular weight is 490 g/mol. The lowest BCUT2D eigenvalue weighted by atomic mass is 10.0. The fourth-order valence-electron chi connectivity index (χ4n) is 2.58. The molecule has 1 aromatic carbocycles. The maximum Gasteiger partial charge on any atom is 0.333 e. The Morgan fingerprint density at radius 3 is 2.15 bits per heavy atom. The Hall–Kier alpha value is -0.810. The predicted octanol–water partition coefficient (Wildman–Crippen LogP) is 7.00. The van der Waals surface area contributed by atoms with Crippen molar-refractivity contribution in [3.8, 4) is 5.75 Å². The largest absolute Gasteiger partial charge is 0.488 e. The molecule has 0 bridgehead atoms. The molecule has 0 aliphatic carbocycles.